The molecule has 82 valence electrons. The monoisotopic (exact) mass is 250 g/mol. The summed E-state index contributed by atoms with van der Waals surface area (Å²) >= 11 is 10.7. The van der Waals surface area contributed by atoms with Crippen molar-refractivity contribution in [2.24, 2.45) is 0 Å². The molecule has 2 nitrogen and oxygen atoms in total. The van der Waals surface area contributed by atoms with Crippen molar-refractivity contribution in [2.45, 2.75) is 6.92 Å². The highest BCUT2D eigenvalue weighted by Gasteiger charge is 2.06. The van der Waals surface area contributed by atoms with Crippen LogP contribution in [0.1, 0.15) is 5.56 Å². The van der Waals surface area contributed by atoms with E-state index in [1.807, 2.05) is 0 Å². The molecule has 0 aromatic heterocycles. The zero-order valence-electron chi connectivity index (χ0n) is 7.93. The standard InChI is InChI=1S/C10H9Cl2FO2/c1-6-4-7(5-8(13)10(6)14)15-3-2-9(11)12/h2,4-5,14H,3H2,1H3. The lowest BCUT2D eigenvalue weighted by molar-refractivity contribution is 0.356. The highest BCUT2D eigenvalue weighted by atomic mass is 35.5. The summed E-state index contributed by atoms with van der Waals surface area (Å²) in [7, 11) is 0. The molecule has 1 rings (SSSR count). The molecule has 0 aliphatic heterocycles. The molecule has 1 aromatic rings. The van der Waals surface area contributed by atoms with E-state index in [0.29, 0.717) is 11.3 Å². The summed E-state index contributed by atoms with van der Waals surface area (Å²) in [6, 6.07) is 2.62. The van der Waals surface area contributed by atoms with Gasteiger partial charge in [0, 0.05) is 6.07 Å². The summed E-state index contributed by atoms with van der Waals surface area (Å²) in [6.45, 7) is 1.72. The molecule has 0 fully saturated rings. The van der Waals surface area contributed by atoms with Gasteiger partial charge in [0.25, 0.3) is 0 Å². The Bertz CT molecular complexity index is 364. The maximum absolute atomic E-state index is 13.0. The van der Waals surface area contributed by atoms with Gasteiger partial charge in [-0.25, -0.2) is 4.39 Å². The fraction of sp³-hybridized carbons (Fsp3) is 0.200. The molecule has 0 radical (unpaired) electrons. The predicted octanol–water partition coefficient (Wildman–Crippen LogP) is 3.54. The van der Waals surface area contributed by atoms with E-state index in [9.17, 15) is 4.39 Å². The molecule has 0 saturated carbocycles. The minimum atomic E-state index is -0.717. The summed E-state index contributed by atoms with van der Waals surface area (Å²) in [5, 5.41) is 9.16. The average molecular weight is 251 g/mol. The van der Waals surface area contributed by atoms with E-state index in [0.717, 1.165) is 6.07 Å². The Labute approximate surface area is 96.9 Å². The van der Waals surface area contributed by atoms with Gasteiger partial charge in [-0.05, 0) is 24.6 Å². The van der Waals surface area contributed by atoms with Crippen LogP contribution in [0.4, 0.5) is 4.39 Å². The number of hydrogen-bond acceptors (Lipinski definition) is 2. The second-order valence-corrected chi connectivity index (χ2v) is 3.88. The van der Waals surface area contributed by atoms with Crippen molar-refractivity contribution in [3.05, 3.63) is 34.1 Å². The lowest BCUT2D eigenvalue weighted by atomic mass is 10.2. The zero-order valence-corrected chi connectivity index (χ0v) is 9.44. The highest BCUT2D eigenvalue weighted by Crippen LogP contribution is 2.26. The van der Waals surface area contributed by atoms with E-state index in [-0.39, 0.29) is 16.8 Å². The molecular formula is C10H9Cl2FO2. The number of aromatic hydroxyl groups is 1. The van der Waals surface area contributed by atoms with Crippen LogP contribution >= 0.6 is 23.2 Å². The van der Waals surface area contributed by atoms with Crippen LogP contribution in [0, 0.1) is 12.7 Å². The van der Waals surface area contributed by atoms with Crippen LogP contribution in [0.3, 0.4) is 0 Å². The van der Waals surface area contributed by atoms with Gasteiger partial charge in [-0.15, -0.1) is 0 Å². The molecule has 0 saturated heterocycles. The summed E-state index contributed by atoms with van der Waals surface area (Å²) in [6.07, 6.45) is 1.43. The van der Waals surface area contributed by atoms with Crippen LogP contribution in [0.2, 0.25) is 0 Å². The molecule has 0 spiro atoms. The second kappa shape index (κ2) is 5.24. The largest absolute Gasteiger partial charge is 0.505 e. The molecule has 0 aliphatic carbocycles. The van der Waals surface area contributed by atoms with E-state index < -0.39 is 5.82 Å². The van der Waals surface area contributed by atoms with Crippen molar-refractivity contribution in [2.75, 3.05) is 6.61 Å². The number of rotatable bonds is 3. The van der Waals surface area contributed by atoms with Crippen molar-refractivity contribution in [3.8, 4) is 11.5 Å². The van der Waals surface area contributed by atoms with Gasteiger partial charge in [0.15, 0.2) is 11.6 Å². The predicted molar refractivity (Wildman–Crippen MR) is 58.1 cm³/mol. The fourth-order valence-electron chi connectivity index (χ4n) is 0.989. The highest BCUT2D eigenvalue weighted by molar-refractivity contribution is 6.55. The van der Waals surface area contributed by atoms with E-state index in [4.69, 9.17) is 33.0 Å². The van der Waals surface area contributed by atoms with Gasteiger partial charge >= 0.3 is 0 Å². The van der Waals surface area contributed by atoms with Crippen molar-refractivity contribution < 1.29 is 14.2 Å². The SMILES string of the molecule is Cc1cc(OCC=C(Cl)Cl)cc(F)c1O. The fourth-order valence-corrected chi connectivity index (χ4v) is 1.12. The van der Waals surface area contributed by atoms with E-state index in [2.05, 4.69) is 0 Å². The third kappa shape index (κ3) is 3.61. The molecule has 0 amide bonds. The van der Waals surface area contributed by atoms with Crippen LogP contribution in [-0.4, -0.2) is 11.7 Å². The first kappa shape index (κ1) is 12.1. The lowest BCUT2D eigenvalue weighted by Crippen LogP contribution is -1.95. The quantitative estimate of drug-likeness (QED) is 0.890. The lowest BCUT2D eigenvalue weighted by Gasteiger charge is -2.06. The summed E-state index contributed by atoms with van der Waals surface area (Å²) in [5.74, 6) is -0.771. The molecule has 0 unspecified atom stereocenters. The maximum atomic E-state index is 13.0. The van der Waals surface area contributed by atoms with Crippen molar-refractivity contribution in [1.29, 1.82) is 0 Å². The Hall–Kier alpha value is -0.930. The number of hydrogen-bond donors (Lipinski definition) is 1. The van der Waals surface area contributed by atoms with Crippen molar-refractivity contribution in [1.82, 2.24) is 0 Å². The van der Waals surface area contributed by atoms with Gasteiger partial charge in [-0.3, -0.25) is 0 Å². The minimum absolute atomic E-state index is 0.0889. The summed E-state index contributed by atoms with van der Waals surface area (Å²) < 4.78 is 18.3. The number of aryl methyl sites for hydroxylation is 1. The van der Waals surface area contributed by atoms with Crippen LogP contribution in [0.5, 0.6) is 11.5 Å². The first-order valence-corrected chi connectivity index (χ1v) is 4.89. The smallest absolute Gasteiger partial charge is 0.168 e. The molecule has 0 atom stereocenters. The molecule has 5 heteroatoms. The number of phenolic OH excluding ortho intramolecular Hbond substituents is 1. The van der Waals surface area contributed by atoms with Gasteiger partial charge in [0.2, 0.25) is 0 Å². The molecule has 0 aliphatic rings. The topological polar surface area (TPSA) is 29.5 Å². The molecular weight excluding hydrogens is 242 g/mol. The van der Waals surface area contributed by atoms with E-state index in [1.165, 1.54) is 12.1 Å². The third-order valence-corrected chi connectivity index (χ3v) is 2.02. The second-order valence-electron chi connectivity index (χ2n) is 2.88. The normalized spacial score (nSPS) is 9.87. The van der Waals surface area contributed by atoms with Gasteiger partial charge in [-0.2, -0.15) is 0 Å². The average Bonchev–Trinajstić information content (AvgIpc) is 2.13. The molecule has 15 heavy (non-hydrogen) atoms. The zero-order chi connectivity index (χ0) is 11.4. The minimum Gasteiger partial charge on any atom is -0.505 e. The first-order chi connectivity index (χ1) is 7.00. The van der Waals surface area contributed by atoms with Crippen molar-refractivity contribution in [3.63, 3.8) is 0 Å². The first-order valence-electron chi connectivity index (χ1n) is 4.13. The Morgan fingerprint density at radius 1 is 1.53 bits per heavy atom. The molecule has 0 bridgehead atoms. The van der Waals surface area contributed by atoms with Crippen molar-refractivity contribution >= 4 is 23.2 Å². The Balaban J connectivity index is 2.75. The van der Waals surface area contributed by atoms with Crippen LogP contribution in [0.15, 0.2) is 22.7 Å². The van der Waals surface area contributed by atoms with Gasteiger partial charge in [0.05, 0.1) is 0 Å². The Morgan fingerprint density at radius 2 is 2.20 bits per heavy atom. The van der Waals surface area contributed by atoms with Gasteiger partial charge in [-0.1, -0.05) is 23.2 Å². The number of halogens is 3. The number of ether oxygens (including phenoxy) is 1. The van der Waals surface area contributed by atoms with Gasteiger partial charge < -0.3 is 9.84 Å². The van der Waals surface area contributed by atoms with Crippen LogP contribution in [0.25, 0.3) is 0 Å². The van der Waals surface area contributed by atoms with Crippen LogP contribution in [-0.2, 0) is 0 Å². The van der Waals surface area contributed by atoms with E-state index in [1.54, 1.807) is 6.92 Å². The Morgan fingerprint density at radius 3 is 2.73 bits per heavy atom. The molecule has 0 heterocycles. The summed E-state index contributed by atoms with van der Waals surface area (Å²) in [4.78, 5) is 0. The number of phenols is 1. The Kier molecular flexibility index (Phi) is 4.24. The van der Waals surface area contributed by atoms with Gasteiger partial charge in [0.1, 0.15) is 16.8 Å². The maximum Gasteiger partial charge on any atom is 0.168 e. The molecule has 1 N–H and O–H groups in total. The van der Waals surface area contributed by atoms with Crippen LogP contribution < -0.4 is 4.74 Å². The van der Waals surface area contributed by atoms with E-state index >= 15 is 0 Å². The number of benzene rings is 1. The third-order valence-electron chi connectivity index (χ3n) is 1.72. The summed E-state index contributed by atoms with van der Waals surface area (Å²) in [5.41, 5.74) is 0.408. The molecule has 1 aromatic carbocycles.